The Kier molecular flexibility index (Phi) is 5.31. The van der Waals surface area contributed by atoms with Gasteiger partial charge in [-0.25, -0.2) is 4.79 Å². The lowest BCUT2D eigenvalue weighted by Crippen LogP contribution is -2.32. The summed E-state index contributed by atoms with van der Waals surface area (Å²) < 4.78 is 42.0. The maximum Gasteiger partial charge on any atom is 0.493 e. The van der Waals surface area contributed by atoms with Crippen molar-refractivity contribution in [2.75, 3.05) is 11.8 Å². The van der Waals surface area contributed by atoms with Gasteiger partial charge in [-0.05, 0) is 30.3 Å². The maximum absolute atomic E-state index is 12.1. The molecule has 0 heterocycles. The first-order valence-electron chi connectivity index (χ1n) is 5.14. The third-order valence-corrected chi connectivity index (χ3v) is 2.40. The Morgan fingerprint density at radius 1 is 1.45 bits per heavy atom. The molecule has 0 aliphatic rings. The number of hydrogen-bond donors (Lipinski definition) is 0. The first-order valence-corrected chi connectivity index (χ1v) is 5.93. The summed E-state index contributed by atoms with van der Waals surface area (Å²) in [5, 5.41) is 2.14. The van der Waals surface area contributed by atoms with E-state index in [1.54, 1.807) is 6.92 Å². The van der Waals surface area contributed by atoms with Crippen LogP contribution >= 0.6 is 15.9 Å². The molecule has 1 rings (SSSR count). The van der Waals surface area contributed by atoms with E-state index >= 15 is 0 Å². The summed E-state index contributed by atoms with van der Waals surface area (Å²) in [5.41, 5.74) is -0.234. The number of benzene rings is 1. The summed E-state index contributed by atoms with van der Waals surface area (Å²) in [7, 11) is 0. The Morgan fingerprint density at radius 3 is 2.60 bits per heavy atom. The molecular formula is C10H8BrF3N2O4. The predicted molar refractivity (Wildman–Crippen MR) is 65.7 cm³/mol. The summed E-state index contributed by atoms with van der Waals surface area (Å²) in [6.45, 7) is 1.81. The molecule has 0 spiro atoms. The normalized spacial score (nSPS) is 10.8. The molecule has 0 amide bonds. The van der Waals surface area contributed by atoms with Crippen LogP contribution < -0.4 is 9.91 Å². The number of nitrogens with zero attached hydrogens (tertiary/aromatic N) is 2. The zero-order valence-corrected chi connectivity index (χ0v) is 11.6. The van der Waals surface area contributed by atoms with E-state index in [2.05, 4.69) is 26.1 Å². The van der Waals surface area contributed by atoms with Crippen LogP contribution in [0.1, 0.15) is 6.92 Å². The molecule has 0 saturated heterocycles. The number of anilines is 1. The van der Waals surface area contributed by atoms with Crippen LogP contribution in [0.3, 0.4) is 0 Å². The van der Waals surface area contributed by atoms with Crippen molar-refractivity contribution >= 4 is 27.6 Å². The van der Waals surface area contributed by atoms with Gasteiger partial charge in [0.15, 0.2) is 0 Å². The van der Waals surface area contributed by atoms with E-state index < -0.39 is 12.1 Å². The van der Waals surface area contributed by atoms with Crippen LogP contribution in [0.4, 0.5) is 18.9 Å². The summed E-state index contributed by atoms with van der Waals surface area (Å²) in [6.07, 6.45) is -5.25. The van der Waals surface area contributed by atoms with Gasteiger partial charge in [0.05, 0.1) is 11.9 Å². The van der Waals surface area contributed by atoms with Crippen molar-refractivity contribution in [1.82, 2.24) is 0 Å². The quantitative estimate of drug-likeness (QED) is 0.597. The molecule has 0 saturated carbocycles. The van der Waals surface area contributed by atoms with Gasteiger partial charge in [-0.3, -0.25) is 0 Å². The van der Waals surface area contributed by atoms with Crippen molar-refractivity contribution in [3.8, 4) is 5.75 Å². The van der Waals surface area contributed by atoms with Gasteiger partial charge in [0.2, 0.25) is 0 Å². The number of ether oxygens (including phenoxy) is 1. The molecule has 10 heteroatoms. The minimum absolute atomic E-state index is 0.0245. The molecule has 0 atom stereocenters. The lowest BCUT2D eigenvalue weighted by molar-refractivity contribution is -0.201. The van der Waals surface area contributed by atoms with Crippen molar-refractivity contribution in [3.63, 3.8) is 0 Å². The third-order valence-electron chi connectivity index (χ3n) is 1.90. The average Bonchev–Trinajstić information content (AvgIpc) is 2.35. The zero-order valence-electron chi connectivity index (χ0n) is 9.98. The highest BCUT2D eigenvalue weighted by molar-refractivity contribution is 9.10. The molecule has 0 N–H and O–H groups in total. The smallest absolute Gasteiger partial charge is 0.491 e. The third kappa shape index (κ3) is 4.08. The molecule has 20 heavy (non-hydrogen) atoms. The summed E-state index contributed by atoms with van der Waals surface area (Å²) in [5.74, 6) is -2.54. The molecule has 0 aliphatic carbocycles. The van der Waals surface area contributed by atoms with Crippen molar-refractivity contribution in [2.24, 2.45) is 5.29 Å². The predicted octanol–water partition coefficient (Wildman–Crippen LogP) is 3.36. The molecule has 0 fully saturated rings. The van der Waals surface area contributed by atoms with Crippen LogP contribution in [0.2, 0.25) is 0 Å². The van der Waals surface area contributed by atoms with Crippen LogP contribution in [0.5, 0.6) is 5.75 Å². The van der Waals surface area contributed by atoms with Gasteiger partial charge in [-0.1, -0.05) is 15.9 Å². The second kappa shape index (κ2) is 6.55. The fourth-order valence-electron chi connectivity index (χ4n) is 1.16. The molecule has 110 valence electrons. The number of carbonyl (C=O) groups excluding carboxylic acids is 1. The molecule has 0 bridgehead atoms. The minimum Gasteiger partial charge on any atom is -0.491 e. The van der Waals surface area contributed by atoms with Gasteiger partial charge < -0.3 is 9.57 Å². The highest BCUT2D eigenvalue weighted by Crippen LogP contribution is 2.33. The molecule has 6 nitrogen and oxygen atoms in total. The fraction of sp³-hybridized carbons (Fsp3) is 0.300. The number of alkyl halides is 3. The molecule has 0 unspecified atom stereocenters. The lowest BCUT2D eigenvalue weighted by Gasteiger charge is -2.18. The number of halogens is 4. The van der Waals surface area contributed by atoms with Crippen LogP contribution in [0.25, 0.3) is 0 Å². The molecule has 0 aromatic heterocycles. The molecule has 0 radical (unpaired) electrons. The SMILES string of the molecule is CCOc1cc(Br)ccc1N(N=O)OC(=O)C(F)(F)F. The summed E-state index contributed by atoms with van der Waals surface area (Å²) in [4.78, 5) is 25.2. The summed E-state index contributed by atoms with van der Waals surface area (Å²) in [6, 6.07) is 4.01. The monoisotopic (exact) mass is 356 g/mol. The summed E-state index contributed by atoms with van der Waals surface area (Å²) >= 11 is 3.12. The van der Waals surface area contributed by atoms with Gasteiger partial charge in [0, 0.05) is 4.47 Å². The number of nitroso groups, excluding NO2 is 1. The van der Waals surface area contributed by atoms with Gasteiger partial charge in [0.1, 0.15) is 11.4 Å². The maximum atomic E-state index is 12.1. The van der Waals surface area contributed by atoms with E-state index in [0.717, 1.165) is 0 Å². The van der Waals surface area contributed by atoms with E-state index in [1.165, 1.54) is 18.2 Å². The first kappa shape index (κ1) is 16.2. The second-order valence-corrected chi connectivity index (χ2v) is 4.19. The first-order chi connectivity index (χ1) is 9.29. The highest BCUT2D eigenvalue weighted by atomic mass is 79.9. The topological polar surface area (TPSA) is 68.2 Å². The number of carbonyl (C=O) groups is 1. The van der Waals surface area contributed by atoms with E-state index in [4.69, 9.17) is 4.74 Å². The Morgan fingerprint density at radius 2 is 2.10 bits per heavy atom. The van der Waals surface area contributed by atoms with Gasteiger partial charge in [-0.2, -0.15) is 13.2 Å². The Balaban J connectivity index is 3.06. The largest absolute Gasteiger partial charge is 0.493 e. The zero-order chi connectivity index (χ0) is 15.3. The van der Waals surface area contributed by atoms with Crippen LogP contribution in [0, 0.1) is 4.91 Å². The fourth-order valence-corrected chi connectivity index (χ4v) is 1.50. The van der Waals surface area contributed by atoms with Gasteiger partial charge in [-0.15, -0.1) is 4.91 Å². The number of rotatable bonds is 5. The second-order valence-electron chi connectivity index (χ2n) is 3.28. The van der Waals surface area contributed by atoms with E-state index in [0.29, 0.717) is 4.47 Å². The van der Waals surface area contributed by atoms with Crippen molar-refractivity contribution < 1.29 is 27.5 Å². The van der Waals surface area contributed by atoms with Gasteiger partial charge in [0.25, 0.3) is 0 Å². The van der Waals surface area contributed by atoms with Crippen molar-refractivity contribution in [2.45, 2.75) is 13.1 Å². The molecule has 1 aromatic rings. The Hall–Kier alpha value is -1.84. The van der Waals surface area contributed by atoms with E-state index in [9.17, 15) is 22.9 Å². The van der Waals surface area contributed by atoms with E-state index in [1.807, 2.05) is 0 Å². The molecule has 1 aromatic carbocycles. The Labute approximate surface area is 119 Å². The number of hydrogen-bond acceptors (Lipinski definition) is 5. The van der Waals surface area contributed by atoms with Crippen molar-refractivity contribution in [3.05, 3.63) is 27.6 Å². The molecular weight excluding hydrogens is 349 g/mol. The lowest BCUT2D eigenvalue weighted by atomic mass is 10.3. The minimum atomic E-state index is -5.25. The van der Waals surface area contributed by atoms with Crippen LogP contribution in [-0.2, 0) is 9.63 Å². The Bertz CT molecular complexity index is 510. The molecule has 0 aliphatic heterocycles. The highest BCUT2D eigenvalue weighted by Gasteiger charge is 2.43. The van der Waals surface area contributed by atoms with Crippen LogP contribution in [0.15, 0.2) is 28.0 Å². The standard InChI is InChI=1S/C10H8BrF3N2O4/c1-2-19-8-5-6(11)3-4-7(8)16(15-18)20-9(17)10(12,13)14/h3-5H,2H2,1H3. The average molecular weight is 357 g/mol. The van der Waals surface area contributed by atoms with Crippen LogP contribution in [-0.4, -0.2) is 18.8 Å². The van der Waals surface area contributed by atoms with Gasteiger partial charge >= 0.3 is 12.1 Å². The van der Waals surface area contributed by atoms with E-state index in [-0.39, 0.29) is 23.2 Å². The van der Waals surface area contributed by atoms with Crippen molar-refractivity contribution in [1.29, 1.82) is 0 Å².